The second-order valence-corrected chi connectivity index (χ2v) is 8.00. The smallest absolute Gasteiger partial charge is 0.226 e. The molecule has 2 aromatic carbocycles. The van der Waals surface area contributed by atoms with E-state index in [0.29, 0.717) is 5.39 Å². The zero-order valence-electron chi connectivity index (χ0n) is 13.8. The molecule has 6 nitrogen and oxygen atoms in total. The number of nitrogens with one attached hydrogen (secondary N) is 2. The molecule has 0 bridgehead atoms. The van der Waals surface area contributed by atoms with E-state index >= 15 is 0 Å². The summed E-state index contributed by atoms with van der Waals surface area (Å²) in [4.78, 5) is 2.53. The van der Waals surface area contributed by atoms with E-state index in [1.807, 2.05) is 18.2 Å². The first kappa shape index (κ1) is 16.1. The Morgan fingerprint density at radius 2 is 1.80 bits per heavy atom. The first-order valence-corrected chi connectivity index (χ1v) is 9.89. The van der Waals surface area contributed by atoms with Gasteiger partial charge in [0, 0.05) is 25.0 Å². The molecule has 1 fully saturated rings. The number of aromatic amines is 1. The van der Waals surface area contributed by atoms with Crippen molar-refractivity contribution in [2.75, 3.05) is 31.1 Å². The van der Waals surface area contributed by atoms with Crippen LogP contribution in [0, 0.1) is 0 Å². The predicted octanol–water partition coefficient (Wildman–Crippen LogP) is 2.20. The fourth-order valence-electron chi connectivity index (χ4n) is 3.27. The van der Waals surface area contributed by atoms with Crippen molar-refractivity contribution in [3.8, 4) is 0 Å². The van der Waals surface area contributed by atoms with E-state index in [2.05, 4.69) is 20.4 Å². The van der Waals surface area contributed by atoms with Crippen LogP contribution >= 0.6 is 0 Å². The maximum absolute atomic E-state index is 12.9. The third kappa shape index (κ3) is 2.89. The normalized spacial score (nSPS) is 16.1. The Morgan fingerprint density at radius 1 is 0.960 bits per heavy atom. The minimum absolute atomic E-state index is 0.0866. The largest absolute Gasteiger partial charge is 0.368 e. The third-order valence-electron chi connectivity index (χ3n) is 4.53. The highest BCUT2D eigenvalue weighted by Gasteiger charge is 2.25. The van der Waals surface area contributed by atoms with Crippen molar-refractivity contribution in [2.24, 2.45) is 0 Å². The molecule has 1 aromatic heterocycles. The van der Waals surface area contributed by atoms with Crippen molar-refractivity contribution in [2.45, 2.75) is 16.3 Å². The molecular formula is C18H20N4O2S. The topological polar surface area (TPSA) is 78.1 Å². The molecule has 0 saturated carbocycles. The number of fused-ring (bicyclic) bond motifs is 1. The van der Waals surface area contributed by atoms with Gasteiger partial charge in [-0.2, -0.15) is 5.10 Å². The number of para-hydroxylation sites is 1. The molecule has 0 amide bonds. The number of rotatable bonds is 3. The van der Waals surface area contributed by atoms with Gasteiger partial charge < -0.3 is 10.2 Å². The van der Waals surface area contributed by atoms with Crippen LogP contribution < -0.4 is 10.2 Å². The van der Waals surface area contributed by atoms with Gasteiger partial charge in [0.15, 0.2) is 5.03 Å². The highest BCUT2D eigenvalue weighted by atomic mass is 32.2. The van der Waals surface area contributed by atoms with Gasteiger partial charge in [0.25, 0.3) is 0 Å². The molecule has 2 heterocycles. The molecule has 0 spiro atoms. The van der Waals surface area contributed by atoms with E-state index in [0.717, 1.165) is 43.8 Å². The van der Waals surface area contributed by atoms with Crippen LogP contribution in [0.5, 0.6) is 0 Å². The van der Waals surface area contributed by atoms with E-state index in [9.17, 15) is 8.42 Å². The van der Waals surface area contributed by atoms with Gasteiger partial charge in [-0.1, -0.05) is 24.3 Å². The van der Waals surface area contributed by atoms with E-state index < -0.39 is 9.84 Å². The van der Waals surface area contributed by atoms with Gasteiger partial charge in [-0.05, 0) is 37.2 Å². The Bertz CT molecular complexity index is 975. The fourth-order valence-corrected chi connectivity index (χ4v) is 4.63. The highest BCUT2D eigenvalue weighted by molar-refractivity contribution is 7.91. The third-order valence-corrected chi connectivity index (χ3v) is 6.24. The summed E-state index contributed by atoms with van der Waals surface area (Å²) in [6, 6.07) is 14.2. The summed E-state index contributed by atoms with van der Waals surface area (Å²) in [5.74, 6) is 0. The van der Waals surface area contributed by atoms with Crippen LogP contribution in [-0.4, -0.2) is 44.8 Å². The summed E-state index contributed by atoms with van der Waals surface area (Å²) in [5, 5.41) is 11.2. The summed E-state index contributed by atoms with van der Waals surface area (Å²) in [5.41, 5.74) is 1.78. The van der Waals surface area contributed by atoms with Crippen molar-refractivity contribution in [3.63, 3.8) is 0 Å². The molecule has 1 aliphatic rings. The zero-order valence-corrected chi connectivity index (χ0v) is 14.6. The monoisotopic (exact) mass is 356 g/mol. The predicted molar refractivity (Wildman–Crippen MR) is 97.7 cm³/mol. The van der Waals surface area contributed by atoms with E-state index in [4.69, 9.17) is 0 Å². The summed E-state index contributed by atoms with van der Waals surface area (Å²) < 4.78 is 25.9. The summed E-state index contributed by atoms with van der Waals surface area (Å²) >= 11 is 0. The standard InChI is InChI=1S/C18H20N4O2S/c23-25(24,14-6-2-1-3-7-14)18-15-8-4-9-16(17(15)20-21-18)22-12-5-10-19-11-13-22/h1-4,6-9,19H,5,10-13H2,(H,20,21). The second-order valence-electron chi connectivity index (χ2n) is 6.14. The molecule has 3 aromatic rings. The van der Waals surface area contributed by atoms with E-state index in [1.54, 1.807) is 30.3 Å². The van der Waals surface area contributed by atoms with Crippen molar-refractivity contribution in [3.05, 3.63) is 48.5 Å². The molecule has 0 atom stereocenters. The SMILES string of the molecule is O=S(=O)(c1ccccc1)c1n[nH]c2c(N3CCCNCC3)cccc12. The molecule has 1 saturated heterocycles. The Hall–Kier alpha value is -2.38. The van der Waals surface area contributed by atoms with Crippen molar-refractivity contribution in [1.29, 1.82) is 0 Å². The lowest BCUT2D eigenvalue weighted by Crippen LogP contribution is -2.27. The molecular weight excluding hydrogens is 336 g/mol. The number of benzene rings is 2. The highest BCUT2D eigenvalue weighted by Crippen LogP contribution is 2.31. The zero-order chi connectivity index (χ0) is 17.3. The van der Waals surface area contributed by atoms with Gasteiger partial charge in [-0.15, -0.1) is 0 Å². The number of sulfone groups is 1. The van der Waals surface area contributed by atoms with Crippen LogP contribution in [-0.2, 0) is 9.84 Å². The summed E-state index contributed by atoms with van der Waals surface area (Å²) in [6.45, 7) is 3.74. The lowest BCUT2D eigenvalue weighted by atomic mass is 10.2. The molecule has 2 N–H and O–H groups in total. The number of hydrogen-bond donors (Lipinski definition) is 2. The van der Waals surface area contributed by atoms with E-state index in [1.165, 1.54) is 0 Å². The molecule has 25 heavy (non-hydrogen) atoms. The number of hydrogen-bond acceptors (Lipinski definition) is 5. The van der Waals surface area contributed by atoms with Gasteiger partial charge in [0.1, 0.15) is 0 Å². The average Bonchev–Trinajstić information content (AvgIpc) is 2.91. The van der Waals surface area contributed by atoms with Gasteiger partial charge in [0.2, 0.25) is 9.84 Å². The minimum Gasteiger partial charge on any atom is -0.368 e. The first-order chi connectivity index (χ1) is 12.2. The maximum Gasteiger partial charge on any atom is 0.226 e. The average molecular weight is 356 g/mol. The first-order valence-electron chi connectivity index (χ1n) is 8.41. The molecule has 0 unspecified atom stereocenters. The van der Waals surface area contributed by atoms with Crippen molar-refractivity contribution in [1.82, 2.24) is 15.5 Å². The Kier molecular flexibility index (Phi) is 4.19. The molecule has 0 radical (unpaired) electrons. The number of H-pyrrole nitrogens is 1. The molecule has 130 valence electrons. The van der Waals surface area contributed by atoms with Crippen LogP contribution in [0.2, 0.25) is 0 Å². The Balaban J connectivity index is 1.82. The lowest BCUT2D eigenvalue weighted by molar-refractivity contribution is 0.593. The molecule has 1 aliphatic heterocycles. The summed E-state index contributed by atoms with van der Waals surface area (Å²) in [6.07, 6.45) is 1.06. The van der Waals surface area contributed by atoms with Crippen LogP contribution in [0.4, 0.5) is 5.69 Å². The number of nitrogens with zero attached hydrogens (tertiary/aromatic N) is 2. The summed E-state index contributed by atoms with van der Waals surface area (Å²) in [7, 11) is -3.65. The van der Waals surface area contributed by atoms with Gasteiger partial charge in [-0.3, -0.25) is 5.10 Å². The minimum atomic E-state index is -3.65. The van der Waals surface area contributed by atoms with Gasteiger partial charge >= 0.3 is 0 Å². The molecule has 0 aliphatic carbocycles. The van der Waals surface area contributed by atoms with Crippen molar-refractivity contribution < 1.29 is 8.42 Å². The van der Waals surface area contributed by atoms with Crippen LogP contribution in [0.3, 0.4) is 0 Å². The van der Waals surface area contributed by atoms with Crippen LogP contribution in [0.25, 0.3) is 10.9 Å². The van der Waals surface area contributed by atoms with Gasteiger partial charge in [0.05, 0.1) is 16.1 Å². The maximum atomic E-state index is 12.9. The van der Waals surface area contributed by atoms with Crippen molar-refractivity contribution >= 4 is 26.4 Å². The quantitative estimate of drug-likeness (QED) is 0.752. The van der Waals surface area contributed by atoms with E-state index in [-0.39, 0.29) is 9.92 Å². The second kappa shape index (κ2) is 6.50. The Labute approximate surface area is 146 Å². The lowest BCUT2D eigenvalue weighted by Gasteiger charge is -2.22. The number of anilines is 1. The fraction of sp³-hybridized carbons (Fsp3) is 0.278. The molecule has 4 rings (SSSR count). The van der Waals surface area contributed by atoms with Crippen LogP contribution in [0.15, 0.2) is 58.5 Å². The molecule has 7 heteroatoms. The Morgan fingerprint density at radius 3 is 2.64 bits per heavy atom. The number of aromatic nitrogens is 2. The van der Waals surface area contributed by atoms with Gasteiger partial charge in [-0.25, -0.2) is 8.42 Å². The van der Waals surface area contributed by atoms with Crippen LogP contribution in [0.1, 0.15) is 6.42 Å².